The van der Waals surface area contributed by atoms with Gasteiger partial charge in [0.05, 0.1) is 18.0 Å². The van der Waals surface area contributed by atoms with Crippen molar-refractivity contribution in [2.45, 2.75) is 44.9 Å². The molecule has 126 valence electrons. The van der Waals surface area contributed by atoms with Crippen LogP contribution in [-0.4, -0.2) is 18.1 Å². The summed E-state index contributed by atoms with van der Waals surface area (Å²) in [5.74, 6) is 0.118. The molecule has 1 aromatic carbocycles. The van der Waals surface area contributed by atoms with Gasteiger partial charge in [0, 0.05) is 11.6 Å². The van der Waals surface area contributed by atoms with Crippen LogP contribution in [0.5, 0.6) is 0 Å². The van der Waals surface area contributed by atoms with E-state index in [2.05, 4.69) is 4.98 Å². The molecule has 2 fully saturated rings. The number of ether oxygens (including phenoxy) is 1. The molecule has 1 atom stereocenters. The van der Waals surface area contributed by atoms with Gasteiger partial charge in [-0.25, -0.2) is 4.39 Å². The molecule has 2 aromatic rings. The summed E-state index contributed by atoms with van der Waals surface area (Å²) in [6.07, 6.45) is 6.87. The highest BCUT2D eigenvalue weighted by Gasteiger charge is 2.69. The van der Waals surface area contributed by atoms with Crippen molar-refractivity contribution >= 4 is 16.9 Å². The van der Waals surface area contributed by atoms with Crippen molar-refractivity contribution in [3.8, 4) is 0 Å². The fourth-order valence-corrected chi connectivity index (χ4v) is 4.85. The summed E-state index contributed by atoms with van der Waals surface area (Å²) < 4.78 is 18.7. The van der Waals surface area contributed by atoms with Gasteiger partial charge in [-0.2, -0.15) is 0 Å². The topological polar surface area (TPSA) is 39.2 Å². The van der Waals surface area contributed by atoms with Crippen LogP contribution in [-0.2, 0) is 9.53 Å². The highest BCUT2D eigenvalue weighted by atomic mass is 19.1. The molecule has 24 heavy (non-hydrogen) atoms. The van der Waals surface area contributed by atoms with Crippen LogP contribution in [0.3, 0.4) is 0 Å². The molecule has 3 nitrogen and oxygen atoms in total. The number of hydrogen-bond acceptors (Lipinski definition) is 3. The third-order valence-corrected chi connectivity index (χ3v) is 6.49. The fourth-order valence-electron chi connectivity index (χ4n) is 4.85. The predicted molar refractivity (Wildman–Crippen MR) is 90.1 cm³/mol. The molecule has 4 heteroatoms. The molecule has 2 aliphatic carbocycles. The molecule has 1 heterocycles. The van der Waals surface area contributed by atoms with E-state index in [4.69, 9.17) is 4.74 Å². The van der Waals surface area contributed by atoms with E-state index in [0.717, 1.165) is 43.0 Å². The molecule has 0 amide bonds. The van der Waals surface area contributed by atoms with Gasteiger partial charge in [-0.1, -0.05) is 0 Å². The SMILES string of the molecule is COC(=O)C1(C)CC12CCC(c1ccnc3ccc(F)cc13)CC2. The van der Waals surface area contributed by atoms with E-state index in [1.165, 1.54) is 18.7 Å². The Morgan fingerprint density at radius 2 is 2.04 bits per heavy atom. The number of pyridine rings is 1. The first-order valence-electron chi connectivity index (χ1n) is 8.62. The quantitative estimate of drug-likeness (QED) is 0.757. The number of nitrogens with zero attached hydrogens (tertiary/aromatic N) is 1. The third-order valence-electron chi connectivity index (χ3n) is 6.49. The predicted octanol–water partition coefficient (Wildman–Crippen LogP) is 4.60. The van der Waals surface area contributed by atoms with E-state index >= 15 is 0 Å². The molecule has 1 spiro atoms. The van der Waals surface area contributed by atoms with Crippen LogP contribution in [0.15, 0.2) is 30.5 Å². The second-order valence-corrected chi connectivity index (χ2v) is 7.62. The first-order valence-corrected chi connectivity index (χ1v) is 8.62. The normalized spacial score (nSPS) is 32.0. The van der Waals surface area contributed by atoms with Crippen LogP contribution in [0.25, 0.3) is 10.9 Å². The third kappa shape index (κ3) is 2.15. The van der Waals surface area contributed by atoms with E-state index in [0.29, 0.717) is 5.92 Å². The minimum Gasteiger partial charge on any atom is -0.469 e. The lowest BCUT2D eigenvalue weighted by atomic mass is 9.73. The van der Waals surface area contributed by atoms with Gasteiger partial charge in [0.1, 0.15) is 5.82 Å². The maximum absolute atomic E-state index is 13.7. The minimum absolute atomic E-state index is 0.0719. The molecule has 1 unspecified atom stereocenters. The summed E-state index contributed by atoms with van der Waals surface area (Å²) in [5.41, 5.74) is 1.85. The lowest BCUT2D eigenvalue weighted by Crippen LogP contribution is -2.26. The minimum atomic E-state index is -0.306. The summed E-state index contributed by atoms with van der Waals surface area (Å²) in [6.45, 7) is 2.04. The highest BCUT2D eigenvalue weighted by molar-refractivity contribution is 5.83. The van der Waals surface area contributed by atoms with Crippen molar-refractivity contribution in [3.63, 3.8) is 0 Å². The Kier molecular flexibility index (Phi) is 3.41. The molecule has 0 radical (unpaired) electrons. The summed E-state index contributed by atoms with van der Waals surface area (Å²) in [7, 11) is 1.48. The standard InChI is InChI=1S/C20H22FNO2/c1-19(18(23)24-2)12-20(19)8-5-13(6-9-20)15-7-10-22-17-4-3-14(21)11-16(15)17/h3-4,7,10-11,13H,5-6,8-9,12H2,1-2H3. The molecule has 2 saturated carbocycles. The summed E-state index contributed by atoms with van der Waals surface area (Å²) >= 11 is 0. The number of fused-ring (bicyclic) bond motifs is 1. The average Bonchev–Trinajstić information content (AvgIpc) is 3.19. The van der Waals surface area contributed by atoms with Crippen LogP contribution in [0.4, 0.5) is 4.39 Å². The number of rotatable bonds is 2. The van der Waals surface area contributed by atoms with Crippen molar-refractivity contribution in [3.05, 3.63) is 41.8 Å². The molecule has 0 bridgehead atoms. The van der Waals surface area contributed by atoms with E-state index in [9.17, 15) is 9.18 Å². The summed E-state index contributed by atoms with van der Waals surface area (Å²) in [4.78, 5) is 16.4. The van der Waals surface area contributed by atoms with Gasteiger partial charge in [0.25, 0.3) is 0 Å². The maximum atomic E-state index is 13.7. The number of carbonyl (C=O) groups is 1. The van der Waals surface area contributed by atoms with Gasteiger partial charge >= 0.3 is 5.97 Å². The van der Waals surface area contributed by atoms with Gasteiger partial charge in [-0.15, -0.1) is 0 Å². The molecule has 4 rings (SSSR count). The van der Waals surface area contributed by atoms with Crippen LogP contribution >= 0.6 is 0 Å². The van der Waals surface area contributed by atoms with E-state index in [1.807, 2.05) is 19.2 Å². The maximum Gasteiger partial charge on any atom is 0.312 e. The van der Waals surface area contributed by atoms with Crippen LogP contribution in [0.2, 0.25) is 0 Å². The Labute approximate surface area is 141 Å². The molecule has 0 N–H and O–H groups in total. The van der Waals surface area contributed by atoms with E-state index < -0.39 is 0 Å². The Bertz CT molecular complexity index is 810. The molecular weight excluding hydrogens is 305 g/mol. The molecule has 1 aromatic heterocycles. The van der Waals surface area contributed by atoms with E-state index in [1.54, 1.807) is 12.1 Å². The first-order chi connectivity index (χ1) is 11.5. The molecular formula is C20H22FNO2. The Morgan fingerprint density at radius 1 is 1.29 bits per heavy atom. The Morgan fingerprint density at radius 3 is 2.75 bits per heavy atom. The van der Waals surface area contributed by atoms with Gasteiger partial charge in [0.15, 0.2) is 0 Å². The number of halogens is 1. The largest absolute Gasteiger partial charge is 0.469 e. The smallest absolute Gasteiger partial charge is 0.312 e. The van der Waals surface area contributed by atoms with Crippen LogP contribution in [0.1, 0.15) is 50.5 Å². The zero-order chi connectivity index (χ0) is 16.9. The van der Waals surface area contributed by atoms with Crippen LogP contribution in [0, 0.1) is 16.6 Å². The van der Waals surface area contributed by atoms with Crippen molar-refractivity contribution in [1.29, 1.82) is 0 Å². The lowest BCUT2D eigenvalue weighted by molar-refractivity contribution is -0.148. The highest BCUT2D eigenvalue weighted by Crippen LogP contribution is 2.71. The van der Waals surface area contributed by atoms with Gasteiger partial charge in [-0.3, -0.25) is 9.78 Å². The number of methoxy groups -OCH3 is 1. The number of aromatic nitrogens is 1. The van der Waals surface area contributed by atoms with Crippen molar-refractivity contribution < 1.29 is 13.9 Å². The van der Waals surface area contributed by atoms with E-state index in [-0.39, 0.29) is 22.6 Å². The fraction of sp³-hybridized carbons (Fsp3) is 0.500. The number of esters is 1. The molecule has 0 aliphatic heterocycles. The van der Waals surface area contributed by atoms with Gasteiger partial charge < -0.3 is 4.74 Å². The Balaban J connectivity index is 1.58. The first kappa shape index (κ1) is 15.6. The summed E-state index contributed by atoms with van der Waals surface area (Å²) in [6, 6.07) is 6.82. The zero-order valence-corrected chi connectivity index (χ0v) is 14.1. The monoisotopic (exact) mass is 327 g/mol. The number of carbonyl (C=O) groups excluding carboxylic acids is 1. The second kappa shape index (κ2) is 5.27. The second-order valence-electron chi connectivity index (χ2n) is 7.62. The Hall–Kier alpha value is -1.97. The lowest BCUT2D eigenvalue weighted by Gasteiger charge is -2.32. The van der Waals surface area contributed by atoms with Gasteiger partial charge in [0.2, 0.25) is 0 Å². The number of benzene rings is 1. The van der Waals surface area contributed by atoms with Gasteiger partial charge in [-0.05, 0) is 80.2 Å². The molecule has 2 aliphatic rings. The summed E-state index contributed by atoms with van der Waals surface area (Å²) in [5, 5.41) is 0.921. The van der Waals surface area contributed by atoms with Crippen molar-refractivity contribution in [1.82, 2.24) is 4.98 Å². The average molecular weight is 327 g/mol. The van der Waals surface area contributed by atoms with Crippen LogP contribution < -0.4 is 0 Å². The zero-order valence-electron chi connectivity index (χ0n) is 14.1. The van der Waals surface area contributed by atoms with Crippen molar-refractivity contribution in [2.24, 2.45) is 10.8 Å². The van der Waals surface area contributed by atoms with Crippen molar-refractivity contribution in [2.75, 3.05) is 7.11 Å². The number of hydrogen-bond donors (Lipinski definition) is 0. The molecule has 0 saturated heterocycles.